The molecule has 394 valence electrons. The maximum Gasteiger partial charge on any atom is 0.255 e. The molecule has 0 bridgehead atoms. The van der Waals surface area contributed by atoms with Crippen LogP contribution in [0.1, 0.15) is 116 Å². The van der Waals surface area contributed by atoms with Gasteiger partial charge in [0.1, 0.15) is 30.0 Å². The maximum atomic E-state index is 14.5. The minimum atomic E-state index is -0.868. The van der Waals surface area contributed by atoms with Crippen LogP contribution in [-0.2, 0) is 22.6 Å². The van der Waals surface area contributed by atoms with Crippen molar-refractivity contribution < 1.29 is 29.0 Å². The second kappa shape index (κ2) is 21.7. The number of carbonyl (C=O) groups is 4. The van der Waals surface area contributed by atoms with E-state index in [9.17, 15) is 29.5 Å². The third-order valence-electron chi connectivity index (χ3n) is 16.1. The number of aryl methyl sites for hydroxylation is 2. The number of carbonyl (C=O) groups excluding carboxylic acids is 4. The fraction of sp³-hybridized carbons (Fsp3) is 0.458. The number of rotatable bonds is 16. The Hall–Kier alpha value is -6.31. The number of thiazole rings is 1. The van der Waals surface area contributed by atoms with E-state index in [4.69, 9.17) is 16.3 Å². The normalized spacial score (nSPS) is 21.8. The smallest absolute Gasteiger partial charge is 0.255 e. The molecule has 2 saturated heterocycles. The van der Waals surface area contributed by atoms with Crippen LogP contribution >= 0.6 is 22.9 Å². The molecule has 1 aliphatic carbocycles. The Labute approximate surface area is 450 Å². The largest absolute Gasteiger partial charge is 0.489 e. The van der Waals surface area contributed by atoms with E-state index in [1.54, 1.807) is 34.4 Å². The third kappa shape index (κ3) is 10.9. The second-order valence-electron chi connectivity index (χ2n) is 22.4. The molecule has 0 spiro atoms. The summed E-state index contributed by atoms with van der Waals surface area (Å²) in [6, 6.07) is 27.0. The average Bonchev–Trinajstić information content (AvgIpc) is 4.12. The molecule has 1 saturated carbocycles. The Morgan fingerprint density at radius 3 is 2.29 bits per heavy atom. The first kappa shape index (κ1) is 53.5. The predicted molar refractivity (Wildman–Crippen MR) is 293 cm³/mol. The van der Waals surface area contributed by atoms with E-state index < -0.39 is 18.2 Å². The number of nitrogens with zero attached hydrogens (tertiary/aromatic N) is 6. The van der Waals surface area contributed by atoms with Gasteiger partial charge in [-0.15, -0.1) is 11.3 Å². The van der Waals surface area contributed by atoms with Crippen molar-refractivity contribution in [1.29, 1.82) is 5.26 Å². The molecule has 16 heteroatoms. The van der Waals surface area contributed by atoms with Crippen LogP contribution in [0.3, 0.4) is 0 Å². The van der Waals surface area contributed by atoms with Gasteiger partial charge < -0.3 is 35.2 Å². The number of aliphatic hydroxyl groups is 1. The van der Waals surface area contributed by atoms with E-state index in [1.165, 1.54) is 10.5 Å². The number of fused-ring (bicyclic) bond motifs is 1. The molecule has 1 unspecified atom stereocenters. The molecule has 4 aromatic carbocycles. The van der Waals surface area contributed by atoms with Gasteiger partial charge in [0.05, 0.1) is 38.8 Å². The molecule has 9 rings (SSSR count). The number of halogens is 1. The van der Waals surface area contributed by atoms with Crippen LogP contribution < -0.4 is 20.3 Å². The number of hydrogen-bond acceptors (Lipinski definition) is 11. The molecule has 4 atom stereocenters. The maximum absolute atomic E-state index is 14.5. The average molecular weight is 1050 g/mol. The molecule has 1 aromatic heterocycles. The molecular formula is C59H69ClN8O6S. The Morgan fingerprint density at radius 1 is 0.947 bits per heavy atom. The highest BCUT2D eigenvalue weighted by atomic mass is 35.5. The monoisotopic (exact) mass is 1050 g/mol. The zero-order valence-electron chi connectivity index (χ0n) is 44.2. The molecule has 4 heterocycles. The van der Waals surface area contributed by atoms with Crippen LogP contribution in [-0.4, -0.2) is 118 Å². The van der Waals surface area contributed by atoms with Gasteiger partial charge in [-0.2, -0.15) is 5.26 Å². The first-order valence-corrected chi connectivity index (χ1v) is 27.5. The number of aliphatic hydroxyl groups excluding tert-OH is 1. The highest BCUT2D eigenvalue weighted by Gasteiger charge is 2.64. The van der Waals surface area contributed by atoms with Gasteiger partial charge in [0.15, 0.2) is 0 Å². The summed E-state index contributed by atoms with van der Waals surface area (Å²) in [7, 11) is 0. The molecule has 3 fully saturated rings. The van der Waals surface area contributed by atoms with Crippen LogP contribution in [0, 0.1) is 35.0 Å². The minimum absolute atomic E-state index is 0.0219. The summed E-state index contributed by atoms with van der Waals surface area (Å²) < 4.78 is 6.40. The van der Waals surface area contributed by atoms with Crippen molar-refractivity contribution in [1.82, 2.24) is 30.3 Å². The summed E-state index contributed by atoms with van der Waals surface area (Å²) in [5.74, 6) is -0.627. The van der Waals surface area contributed by atoms with E-state index in [0.717, 1.165) is 78.5 Å². The van der Waals surface area contributed by atoms with Crippen molar-refractivity contribution in [3.63, 3.8) is 0 Å². The number of β-amino-alcohol motifs (C(OH)–C–C–N with tert-alkyl or cyclic N) is 1. The first-order chi connectivity index (χ1) is 35.7. The summed E-state index contributed by atoms with van der Waals surface area (Å²) in [5.41, 5.74) is 8.69. The first-order valence-electron chi connectivity index (χ1n) is 26.2. The van der Waals surface area contributed by atoms with Gasteiger partial charge in [-0.1, -0.05) is 95.6 Å². The summed E-state index contributed by atoms with van der Waals surface area (Å²) in [6.45, 7) is 20.8. The summed E-state index contributed by atoms with van der Waals surface area (Å²) >= 11 is 7.86. The van der Waals surface area contributed by atoms with Crippen LogP contribution in [0.2, 0.25) is 5.02 Å². The van der Waals surface area contributed by atoms with Crippen LogP contribution in [0.4, 0.5) is 5.69 Å². The van der Waals surface area contributed by atoms with Gasteiger partial charge in [-0.25, -0.2) is 4.98 Å². The van der Waals surface area contributed by atoms with Gasteiger partial charge in [-0.3, -0.25) is 24.1 Å². The minimum Gasteiger partial charge on any atom is -0.489 e. The molecule has 14 nitrogen and oxygen atoms in total. The Kier molecular flexibility index (Phi) is 15.5. The number of piperazine rings is 1. The Morgan fingerprint density at radius 2 is 1.65 bits per heavy atom. The lowest BCUT2D eigenvalue weighted by Crippen LogP contribution is -2.74. The number of anilines is 1. The fourth-order valence-electron chi connectivity index (χ4n) is 12.3. The van der Waals surface area contributed by atoms with E-state index in [0.29, 0.717) is 34.0 Å². The molecule has 3 aliphatic heterocycles. The van der Waals surface area contributed by atoms with Crippen molar-refractivity contribution in [2.75, 3.05) is 44.2 Å². The lowest BCUT2D eigenvalue weighted by atomic mass is 9.49. The quantitative estimate of drug-likeness (QED) is 0.0868. The van der Waals surface area contributed by atoms with Gasteiger partial charge in [-0.05, 0) is 97.8 Å². The molecule has 5 aromatic rings. The lowest BCUT2D eigenvalue weighted by molar-refractivity contribution is -0.164. The van der Waals surface area contributed by atoms with E-state index in [-0.39, 0.29) is 71.5 Å². The number of hydrogen-bond donors (Lipinski definition) is 3. The van der Waals surface area contributed by atoms with Gasteiger partial charge >= 0.3 is 0 Å². The zero-order valence-corrected chi connectivity index (χ0v) is 45.8. The lowest BCUT2D eigenvalue weighted by Gasteiger charge is -2.63. The zero-order chi connectivity index (χ0) is 53.5. The van der Waals surface area contributed by atoms with E-state index in [2.05, 4.69) is 65.2 Å². The van der Waals surface area contributed by atoms with Gasteiger partial charge in [0, 0.05) is 85.4 Å². The van der Waals surface area contributed by atoms with Crippen molar-refractivity contribution >= 4 is 52.3 Å². The SMILES string of the molecule is Cc1ncsc1-c1ccc([C@H](C)NC(=O)[C@@H]2C[C@@H](O)CN2C(=O)C(C(C)C)N2Cc3ccc(N4CCN(CCCc5ccc(C(=O)NC6C(C)(C)C(Oc7ccc(C#N)c(Cl)c7)C6(C)C)cc5)CC4)cc3C2=O)cc1. The molecule has 3 N–H and O–H groups in total. The predicted octanol–water partition coefficient (Wildman–Crippen LogP) is 8.83. The molecule has 0 radical (unpaired) electrons. The van der Waals surface area contributed by atoms with Gasteiger partial charge in [0.2, 0.25) is 11.8 Å². The molecule has 4 amide bonds. The standard InChI is InChI=1S/C59H69ClN8O6S/c1-35(2)50(55(73)67-33-45(69)29-49(67)53(71)63-36(3)39-15-17-40(18-16-39)51-37(4)62-34-75-51)68-32-43-19-21-44(28-47(43)54(68)72)66-26-24-65(25-27-66)23-9-10-38-11-13-41(14-12-38)52(70)64-56-58(5,6)57(59(56,7)8)74-46-22-20-42(31-61)48(60)30-46/h11-22,28,30,34-36,45,49-50,56-57,69H,9-10,23-27,29,32-33H2,1-8H3,(H,63,71)(H,64,70)/t36-,45+,49-,50?,56?,57?/m0/s1. The molecule has 4 aliphatic rings. The summed E-state index contributed by atoms with van der Waals surface area (Å²) in [4.78, 5) is 69.6. The number of nitrogens with one attached hydrogen (secondary N) is 2. The topological polar surface area (TPSA) is 171 Å². The number of benzene rings is 4. The Bertz CT molecular complexity index is 2960. The van der Waals surface area contributed by atoms with Crippen molar-refractivity contribution in [2.45, 2.75) is 118 Å². The van der Waals surface area contributed by atoms with Crippen LogP contribution in [0.5, 0.6) is 5.75 Å². The van der Waals surface area contributed by atoms with E-state index >= 15 is 0 Å². The number of aromatic nitrogens is 1. The second-order valence-corrected chi connectivity index (χ2v) is 23.7. The van der Waals surface area contributed by atoms with Crippen LogP contribution in [0.25, 0.3) is 10.4 Å². The van der Waals surface area contributed by atoms with Crippen molar-refractivity contribution in [3.05, 3.63) is 135 Å². The Balaban J connectivity index is 0.737. The van der Waals surface area contributed by atoms with Crippen molar-refractivity contribution in [2.24, 2.45) is 16.7 Å². The number of nitriles is 1. The van der Waals surface area contributed by atoms with E-state index in [1.807, 2.05) is 93.9 Å². The van der Waals surface area contributed by atoms with Gasteiger partial charge in [0.25, 0.3) is 11.8 Å². The van der Waals surface area contributed by atoms with Crippen LogP contribution in [0.15, 0.2) is 90.4 Å². The van der Waals surface area contributed by atoms with Crippen molar-refractivity contribution in [3.8, 4) is 22.3 Å². The number of likely N-dealkylation sites (tertiary alicyclic amines) is 1. The highest BCUT2D eigenvalue weighted by Crippen LogP contribution is 2.55. The highest BCUT2D eigenvalue weighted by molar-refractivity contribution is 7.13. The summed E-state index contributed by atoms with van der Waals surface area (Å²) in [5, 5.41) is 26.8. The molecular weight excluding hydrogens is 984 g/mol. The number of amides is 4. The fourth-order valence-corrected chi connectivity index (χ4v) is 13.3. The number of ether oxygens (including phenoxy) is 1. The summed E-state index contributed by atoms with van der Waals surface area (Å²) in [6.07, 6.45) is 0.945. The third-order valence-corrected chi connectivity index (χ3v) is 17.4. The molecule has 75 heavy (non-hydrogen) atoms.